The second kappa shape index (κ2) is 8.88. The topological polar surface area (TPSA) is 51.2 Å². The number of carbonyl (C=O) groups excluding carboxylic acids is 3. The molecule has 1 unspecified atom stereocenters. The summed E-state index contributed by atoms with van der Waals surface area (Å²) in [5.74, 6) is 0.0416. The van der Waals surface area contributed by atoms with Gasteiger partial charge >= 0.3 is 12.3 Å². The van der Waals surface area contributed by atoms with Gasteiger partial charge in [0.15, 0.2) is 0 Å². The number of amides is 2. The zero-order valence-corrected chi connectivity index (χ0v) is 14.6. The van der Waals surface area contributed by atoms with Gasteiger partial charge in [0.2, 0.25) is 0 Å². The Morgan fingerprint density at radius 3 is 2.50 bits per heavy atom. The average molecular weight is 330 g/mol. The maximum absolute atomic E-state index is 12.4. The first-order chi connectivity index (χ1) is 11.6. The molecule has 130 valence electrons. The van der Waals surface area contributed by atoms with E-state index >= 15 is 0 Å². The highest BCUT2D eigenvalue weighted by molar-refractivity contribution is 5.84. The van der Waals surface area contributed by atoms with E-state index in [2.05, 4.69) is 12.1 Å². The van der Waals surface area contributed by atoms with E-state index in [9.17, 15) is 14.4 Å². The molecule has 2 rings (SSSR count). The lowest BCUT2D eigenvalue weighted by Crippen LogP contribution is -2.53. The molecular weight excluding hydrogens is 302 g/mol. The molecule has 0 bridgehead atoms. The number of aryl methyl sites for hydroxylation is 1. The Labute approximate surface area is 144 Å². The molecule has 0 N–H and O–H groups in total. The van der Waals surface area contributed by atoms with Crippen LogP contribution in [0.3, 0.4) is 0 Å². The molecule has 0 aliphatic carbocycles. The molecule has 1 aliphatic heterocycles. The van der Waals surface area contributed by atoms with Crippen molar-refractivity contribution in [1.29, 1.82) is 0 Å². The van der Waals surface area contributed by atoms with Gasteiger partial charge in [-0.25, -0.2) is 9.59 Å². The number of hydrogen-bond acceptors (Lipinski definition) is 3. The zero-order chi connectivity index (χ0) is 17.4. The first-order valence-electron chi connectivity index (χ1n) is 9.01. The molecule has 1 saturated heterocycles. The Kier molecular flexibility index (Phi) is 6.85. The van der Waals surface area contributed by atoms with Crippen molar-refractivity contribution in [2.75, 3.05) is 6.54 Å². The number of unbranched alkanes of at least 4 members (excludes halogenated alkanes) is 1. The highest BCUT2D eigenvalue weighted by atomic mass is 16.2. The third kappa shape index (κ3) is 4.60. The van der Waals surface area contributed by atoms with Crippen LogP contribution < -0.4 is 0 Å². The minimum absolute atomic E-state index is 0.0518. The Hall–Kier alpha value is -1.81. The summed E-state index contributed by atoms with van der Waals surface area (Å²) < 4.78 is -0.0821. The summed E-state index contributed by atoms with van der Waals surface area (Å²) in [5.41, 5.74) is 1.29. The zero-order valence-electron chi connectivity index (χ0n) is 14.6. The number of carbonyl (C=O) groups is 3. The molecule has 1 aromatic carbocycles. The predicted molar refractivity (Wildman–Crippen MR) is 93.1 cm³/mol. The van der Waals surface area contributed by atoms with E-state index in [0.29, 0.717) is 13.0 Å². The number of likely N-dealkylation sites (tertiary alicyclic amines) is 1. The smallest absolute Gasteiger partial charge is 0.300 e. The van der Waals surface area contributed by atoms with Gasteiger partial charge in [-0.1, -0.05) is 30.3 Å². The molecule has 2 atom stereocenters. The molecule has 1 aromatic rings. The molecule has 1 heterocycles. The van der Waals surface area contributed by atoms with E-state index in [1.54, 1.807) is 0 Å². The van der Waals surface area contributed by atoms with Crippen molar-refractivity contribution in [2.24, 2.45) is 0 Å². The molecule has 0 aromatic heterocycles. The molecule has 2 amide bonds. The quantitative estimate of drug-likeness (QED) is 0.396. The van der Waals surface area contributed by atoms with E-state index in [1.807, 2.05) is 25.1 Å². The SMILES string of the molecule is C[C@@H]1CCC[N+]1(C=O)C(=O)CCC(=O)CCCCc1ccccc1. The van der Waals surface area contributed by atoms with Gasteiger partial charge in [-0.15, -0.1) is 0 Å². The third-order valence-corrected chi connectivity index (χ3v) is 5.22. The van der Waals surface area contributed by atoms with Crippen LogP contribution in [0.4, 0.5) is 0 Å². The van der Waals surface area contributed by atoms with E-state index < -0.39 is 0 Å². The van der Waals surface area contributed by atoms with Crippen molar-refractivity contribution in [3.05, 3.63) is 35.9 Å². The molecule has 24 heavy (non-hydrogen) atoms. The fraction of sp³-hybridized carbons (Fsp3) is 0.550. The van der Waals surface area contributed by atoms with Crippen LogP contribution in [0.5, 0.6) is 0 Å². The van der Waals surface area contributed by atoms with Crippen molar-refractivity contribution >= 4 is 18.1 Å². The van der Waals surface area contributed by atoms with Crippen LogP contribution in [-0.2, 0) is 20.8 Å². The van der Waals surface area contributed by atoms with E-state index in [1.165, 1.54) is 5.56 Å². The predicted octanol–water partition coefficient (Wildman–Crippen LogP) is 3.43. The monoisotopic (exact) mass is 330 g/mol. The van der Waals surface area contributed by atoms with Crippen LogP contribution in [0.1, 0.15) is 57.4 Å². The van der Waals surface area contributed by atoms with Crippen LogP contribution in [0.25, 0.3) is 0 Å². The minimum atomic E-state index is -0.0902. The first-order valence-corrected chi connectivity index (χ1v) is 9.01. The lowest BCUT2D eigenvalue weighted by atomic mass is 10.0. The molecule has 4 nitrogen and oxygen atoms in total. The van der Waals surface area contributed by atoms with E-state index in [4.69, 9.17) is 0 Å². The van der Waals surface area contributed by atoms with Crippen LogP contribution in [0, 0.1) is 0 Å². The van der Waals surface area contributed by atoms with Gasteiger partial charge in [0.05, 0.1) is 13.0 Å². The number of Topliss-reactive ketones (excluding diaryl/α,β-unsaturated/α-hetero) is 1. The average Bonchev–Trinajstić information content (AvgIpc) is 2.99. The molecule has 1 aliphatic rings. The number of quaternary nitrogens is 1. The van der Waals surface area contributed by atoms with Gasteiger partial charge in [-0.3, -0.25) is 4.79 Å². The third-order valence-electron chi connectivity index (χ3n) is 5.22. The van der Waals surface area contributed by atoms with Crippen molar-refractivity contribution in [2.45, 2.75) is 64.3 Å². The van der Waals surface area contributed by atoms with Gasteiger partial charge in [0, 0.05) is 25.7 Å². The van der Waals surface area contributed by atoms with Gasteiger partial charge in [-0.2, -0.15) is 4.48 Å². The first kappa shape index (κ1) is 18.5. The van der Waals surface area contributed by atoms with Gasteiger partial charge < -0.3 is 0 Å². The number of imide groups is 1. The van der Waals surface area contributed by atoms with E-state index in [0.717, 1.165) is 38.5 Å². The van der Waals surface area contributed by atoms with Gasteiger partial charge in [-0.05, 0) is 31.7 Å². The lowest BCUT2D eigenvalue weighted by molar-refractivity contribution is -0.780. The van der Waals surface area contributed by atoms with Crippen molar-refractivity contribution < 1.29 is 18.9 Å². The number of ketones is 1. The molecule has 4 heteroatoms. The Morgan fingerprint density at radius 1 is 1.12 bits per heavy atom. The standard InChI is InChI=1S/C20H28NO3/c1-17-8-7-15-21(17,16-22)20(24)14-13-19(23)12-6-5-11-18-9-3-2-4-10-18/h2-4,9-10,16-17H,5-8,11-15H2,1H3/q+1/t17-,21?/m1/s1. The highest BCUT2D eigenvalue weighted by Crippen LogP contribution is 2.26. The number of hydrogen-bond donors (Lipinski definition) is 0. The number of nitrogens with zero attached hydrogens (tertiary/aromatic N) is 1. The maximum Gasteiger partial charge on any atom is 0.321 e. The number of benzene rings is 1. The van der Waals surface area contributed by atoms with Crippen molar-refractivity contribution in [3.63, 3.8) is 0 Å². The summed E-state index contributed by atoms with van der Waals surface area (Å²) in [6.07, 6.45) is 6.39. The molecule has 1 fully saturated rings. The lowest BCUT2D eigenvalue weighted by Gasteiger charge is -2.28. The largest absolute Gasteiger partial charge is 0.321 e. The Balaban J connectivity index is 1.67. The second-order valence-corrected chi connectivity index (χ2v) is 6.88. The fourth-order valence-corrected chi connectivity index (χ4v) is 3.56. The normalized spacial score (nSPS) is 23.1. The summed E-state index contributed by atoms with van der Waals surface area (Å²) in [6, 6.07) is 10.3. The molecule has 0 radical (unpaired) electrons. The van der Waals surface area contributed by atoms with Crippen molar-refractivity contribution in [1.82, 2.24) is 0 Å². The molecule has 0 spiro atoms. The van der Waals surface area contributed by atoms with Gasteiger partial charge in [0.25, 0.3) is 0 Å². The Morgan fingerprint density at radius 2 is 1.88 bits per heavy atom. The summed E-state index contributed by atoms with van der Waals surface area (Å²) in [4.78, 5) is 35.9. The second-order valence-electron chi connectivity index (χ2n) is 6.88. The van der Waals surface area contributed by atoms with Crippen LogP contribution >= 0.6 is 0 Å². The Bertz CT molecular complexity index is 570. The summed E-state index contributed by atoms with van der Waals surface area (Å²) in [5, 5.41) is 0. The maximum atomic E-state index is 12.4. The number of rotatable bonds is 9. The summed E-state index contributed by atoms with van der Waals surface area (Å²) in [7, 11) is 0. The van der Waals surface area contributed by atoms with E-state index in [-0.39, 0.29) is 35.1 Å². The molecule has 0 saturated carbocycles. The van der Waals surface area contributed by atoms with Crippen LogP contribution in [0.15, 0.2) is 30.3 Å². The van der Waals surface area contributed by atoms with Crippen LogP contribution in [-0.4, -0.2) is 35.2 Å². The van der Waals surface area contributed by atoms with Gasteiger partial charge in [0.1, 0.15) is 11.8 Å². The molecular formula is C20H28NO3+. The van der Waals surface area contributed by atoms with Crippen molar-refractivity contribution in [3.8, 4) is 0 Å². The summed E-state index contributed by atoms with van der Waals surface area (Å²) in [6.45, 7) is 2.54. The highest BCUT2D eigenvalue weighted by Gasteiger charge is 2.45. The summed E-state index contributed by atoms with van der Waals surface area (Å²) >= 11 is 0. The fourth-order valence-electron chi connectivity index (χ4n) is 3.56. The van der Waals surface area contributed by atoms with Crippen LogP contribution in [0.2, 0.25) is 0 Å². The minimum Gasteiger partial charge on any atom is -0.300 e.